The van der Waals surface area contributed by atoms with Crippen molar-refractivity contribution in [2.24, 2.45) is 0 Å². The minimum absolute atomic E-state index is 0. The number of carbonyl (C=O) groups is 4. The van der Waals surface area contributed by atoms with E-state index in [1.165, 1.54) is 0 Å². The van der Waals surface area contributed by atoms with Gasteiger partial charge in [0.15, 0.2) is 0 Å². The molecule has 0 atom stereocenters. The molecule has 0 saturated carbocycles. The molecule has 0 rings (SSSR count). The molecule has 0 radical (unpaired) electrons. The Kier molecular flexibility index (Phi) is 15.5. The molecule has 0 amide bonds. The Morgan fingerprint density at radius 1 is 0.529 bits per heavy atom. The van der Waals surface area contributed by atoms with Crippen molar-refractivity contribution in [3.63, 3.8) is 0 Å². The van der Waals surface area contributed by atoms with Crippen LogP contribution in [0, 0.1) is 0 Å². The Balaban J connectivity index is -0.000000218. The summed E-state index contributed by atoms with van der Waals surface area (Å²) in [5.41, 5.74) is 0. The topological polar surface area (TPSA) is 149 Å². The first-order valence-corrected chi connectivity index (χ1v) is 4.13. The Bertz CT molecular complexity index is 219. The standard InChI is InChI=1S/2C4H6O4.Pt/c2*5-3(6)1-2-4(7)8;/h2*1-2H2,(H,5,6)(H,7,8);. The maximum atomic E-state index is 9.64. The van der Waals surface area contributed by atoms with Gasteiger partial charge >= 0.3 is 23.9 Å². The van der Waals surface area contributed by atoms with E-state index in [2.05, 4.69) is 0 Å². The Morgan fingerprint density at radius 3 is 0.706 bits per heavy atom. The van der Waals surface area contributed by atoms with Crippen LogP contribution in [0.4, 0.5) is 0 Å². The van der Waals surface area contributed by atoms with E-state index in [9.17, 15) is 19.2 Å². The molecule has 8 nitrogen and oxygen atoms in total. The molecule has 102 valence electrons. The maximum absolute atomic E-state index is 9.64. The quantitative estimate of drug-likeness (QED) is 0.455. The number of hydrogen-bond donors (Lipinski definition) is 4. The number of carboxylic acid groups (broad SMARTS) is 4. The fourth-order valence-electron chi connectivity index (χ4n) is 0.428. The molecular weight excluding hydrogens is 419 g/mol. The molecule has 0 bridgehead atoms. The van der Waals surface area contributed by atoms with E-state index in [4.69, 9.17) is 20.4 Å². The van der Waals surface area contributed by atoms with E-state index >= 15 is 0 Å². The molecule has 0 aromatic heterocycles. The molecule has 0 aliphatic carbocycles. The van der Waals surface area contributed by atoms with E-state index < -0.39 is 23.9 Å². The number of rotatable bonds is 6. The van der Waals surface area contributed by atoms with Crippen LogP contribution in [0.15, 0.2) is 0 Å². The number of aliphatic carboxylic acids is 4. The molecule has 9 heteroatoms. The molecule has 0 spiro atoms. The molecule has 17 heavy (non-hydrogen) atoms. The number of hydrogen-bond acceptors (Lipinski definition) is 4. The zero-order chi connectivity index (χ0) is 13.1. The smallest absolute Gasteiger partial charge is 0.303 e. The molecule has 0 saturated heterocycles. The summed E-state index contributed by atoms with van der Waals surface area (Å²) in [4.78, 5) is 38.6. The van der Waals surface area contributed by atoms with Crippen molar-refractivity contribution in [3.8, 4) is 0 Å². The van der Waals surface area contributed by atoms with E-state index in [1.54, 1.807) is 0 Å². The fraction of sp³-hybridized carbons (Fsp3) is 0.500. The van der Waals surface area contributed by atoms with Gasteiger partial charge in [-0.2, -0.15) is 0 Å². The summed E-state index contributed by atoms with van der Waals surface area (Å²) >= 11 is 0. The first-order chi connectivity index (χ1) is 7.25. The van der Waals surface area contributed by atoms with E-state index in [0.717, 1.165) is 0 Å². The third-order valence-corrected chi connectivity index (χ3v) is 1.11. The predicted molar refractivity (Wildman–Crippen MR) is 49.0 cm³/mol. The van der Waals surface area contributed by atoms with Gasteiger partial charge in [-0.1, -0.05) is 0 Å². The summed E-state index contributed by atoms with van der Waals surface area (Å²) in [6.45, 7) is 0. The molecule has 0 aliphatic heterocycles. The van der Waals surface area contributed by atoms with Crippen LogP contribution >= 0.6 is 0 Å². The van der Waals surface area contributed by atoms with Crippen LogP contribution in [0.3, 0.4) is 0 Å². The third-order valence-electron chi connectivity index (χ3n) is 1.11. The second-order valence-corrected chi connectivity index (χ2v) is 2.57. The molecule has 0 aliphatic rings. The van der Waals surface area contributed by atoms with E-state index in [0.29, 0.717) is 0 Å². The van der Waals surface area contributed by atoms with Crippen LogP contribution in [0.2, 0.25) is 0 Å². The van der Waals surface area contributed by atoms with E-state index in [1.807, 2.05) is 0 Å². The van der Waals surface area contributed by atoms with E-state index in [-0.39, 0.29) is 46.7 Å². The van der Waals surface area contributed by atoms with Gasteiger partial charge in [0, 0.05) is 21.1 Å². The van der Waals surface area contributed by atoms with Gasteiger partial charge in [-0.15, -0.1) is 0 Å². The summed E-state index contributed by atoms with van der Waals surface area (Å²) < 4.78 is 0. The van der Waals surface area contributed by atoms with Crippen molar-refractivity contribution in [1.29, 1.82) is 0 Å². The van der Waals surface area contributed by atoms with Gasteiger partial charge in [-0.3, -0.25) is 19.2 Å². The van der Waals surface area contributed by atoms with Crippen LogP contribution in [0.1, 0.15) is 25.7 Å². The normalized spacial score (nSPS) is 8.00. The van der Waals surface area contributed by atoms with Crippen molar-refractivity contribution in [2.75, 3.05) is 0 Å². The van der Waals surface area contributed by atoms with Crippen LogP contribution in [0.5, 0.6) is 0 Å². The first kappa shape index (κ1) is 20.9. The molecule has 4 N–H and O–H groups in total. The average Bonchev–Trinajstić information content (AvgIpc) is 2.12. The summed E-state index contributed by atoms with van der Waals surface area (Å²) in [6.07, 6.45) is -1.19. The summed E-state index contributed by atoms with van der Waals surface area (Å²) in [5, 5.41) is 31.6. The second-order valence-electron chi connectivity index (χ2n) is 2.57. The fourth-order valence-corrected chi connectivity index (χ4v) is 0.428. The third kappa shape index (κ3) is 31.3. The molecule has 0 fully saturated rings. The van der Waals surface area contributed by atoms with Crippen LogP contribution in [0.25, 0.3) is 0 Å². The minimum Gasteiger partial charge on any atom is -0.481 e. The van der Waals surface area contributed by atoms with Crippen molar-refractivity contribution < 1.29 is 60.7 Å². The van der Waals surface area contributed by atoms with Crippen LogP contribution in [-0.2, 0) is 40.2 Å². The molecule has 0 heterocycles. The minimum atomic E-state index is -1.08. The van der Waals surface area contributed by atoms with Gasteiger partial charge in [-0.25, -0.2) is 0 Å². The first-order valence-electron chi connectivity index (χ1n) is 4.13. The second kappa shape index (κ2) is 12.6. The van der Waals surface area contributed by atoms with Gasteiger partial charge in [0.2, 0.25) is 0 Å². The largest absolute Gasteiger partial charge is 0.481 e. The van der Waals surface area contributed by atoms with Crippen molar-refractivity contribution >= 4 is 23.9 Å². The summed E-state index contributed by atoms with van der Waals surface area (Å²) in [5.74, 6) is -4.31. The summed E-state index contributed by atoms with van der Waals surface area (Å²) in [6, 6.07) is 0. The van der Waals surface area contributed by atoms with Crippen molar-refractivity contribution in [1.82, 2.24) is 0 Å². The molecule has 0 unspecified atom stereocenters. The monoisotopic (exact) mass is 431 g/mol. The van der Waals surface area contributed by atoms with Crippen LogP contribution in [-0.4, -0.2) is 44.3 Å². The van der Waals surface area contributed by atoms with Gasteiger partial charge in [0.25, 0.3) is 0 Å². The zero-order valence-electron chi connectivity index (χ0n) is 8.57. The van der Waals surface area contributed by atoms with Crippen molar-refractivity contribution in [3.05, 3.63) is 0 Å². The number of carboxylic acids is 4. The van der Waals surface area contributed by atoms with Crippen LogP contribution < -0.4 is 0 Å². The van der Waals surface area contributed by atoms with Crippen molar-refractivity contribution in [2.45, 2.75) is 25.7 Å². The SMILES string of the molecule is O=C(O)CCC(=O)O.O=C(O)CCC(=O)O.[Pt]. The maximum Gasteiger partial charge on any atom is 0.303 e. The van der Waals surface area contributed by atoms with Gasteiger partial charge in [0.1, 0.15) is 0 Å². The van der Waals surface area contributed by atoms with Gasteiger partial charge in [-0.05, 0) is 0 Å². The van der Waals surface area contributed by atoms with Gasteiger partial charge < -0.3 is 20.4 Å². The summed E-state index contributed by atoms with van der Waals surface area (Å²) in [7, 11) is 0. The van der Waals surface area contributed by atoms with Gasteiger partial charge in [0.05, 0.1) is 25.7 Å². The molecule has 0 aromatic carbocycles. The average molecular weight is 431 g/mol. The Labute approximate surface area is 111 Å². The molecule has 0 aromatic rings. The Morgan fingerprint density at radius 2 is 0.647 bits per heavy atom. The molecular formula is C8H12O8Pt. The Hall–Kier alpha value is -1.43. The zero-order valence-corrected chi connectivity index (χ0v) is 10.8. The predicted octanol–water partition coefficient (Wildman–Crippen LogP) is -0.131.